The van der Waals surface area contributed by atoms with E-state index in [9.17, 15) is 9.59 Å². The van der Waals surface area contributed by atoms with E-state index in [1.807, 2.05) is 31.2 Å². The number of nitrogens with zero attached hydrogens (tertiary/aromatic N) is 3. The summed E-state index contributed by atoms with van der Waals surface area (Å²) in [6.45, 7) is 4.31. The summed E-state index contributed by atoms with van der Waals surface area (Å²) in [4.78, 5) is 30.2. The van der Waals surface area contributed by atoms with E-state index >= 15 is 0 Å². The standard InChI is InChI=1S/C17H23N5O3/c1-3-25-12-7-5-11(6-8-12)21-9-4-10-22-13-14(18-16(21)22)20(2)17(24)19-15(13)23/h5-8,13-14,16,18H,3-4,9-10H2,1-2H3,(H,19,23,24). The quantitative estimate of drug-likeness (QED) is 0.824. The Hall–Kier alpha value is -2.32. The zero-order valence-electron chi connectivity index (χ0n) is 14.4. The summed E-state index contributed by atoms with van der Waals surface area (Å²) in [5.41, 5.74) is 1.07. The number of ether oxygens (including phenoxy) is 1. The Labute approximate surface area is 146 Å². The van der Waals surface area contributed by atoms with Crippen LogP contribution in [-0.4, -0.2) is 67.0 Å². The van der Waals surface area contributed by atoms with E-state index in [0.717, 1.165) is 30.9 Å². The third-order valence-corrected chi connectivity index (χ3v) is 5.12. The van der Waals surface area contributed by atoms with Gasteiger partial charge in [0.1, 0.15) is 24.2 Å². The van der Waals surface area contributed by atoms with Crippen molar-refractivity contribution in [3.05, 3.63) is 24.3 Å². The highest BCUT2D eigenvalue weighted by Gasteiger charge is 2.53. The zero-order chi connectivity index (χ0) is 17.6. The zero-order valence-corrected chi connectivity index (χ0v) is 14.4. The fraction of sp³-hybridized carbons (Fsp3) is 0.529. The van der Waals surface area contributed by atoms with Crippen LogP contribution in [-0.2, 0) is 4.79 Å². The number of benzene rings is 1. The molecule has 3 heterocycles. The molecule has 1 aromatic carbocycles. The van der Waals surface area contributed by atoms with E-state index in [2.05, 4.69) is 20.4 Å². The molecule has 0 radical (unpaired) electrons. The van der Waals surface area contributed by atoms with Crippen molar-refractivity contribution < 1.29 is 14.3 Å². The third-order valence-electron chi connectivity index (χ3n) is 5.12. The molecule has 8 nitrogen and oxygen atoms in total. The Bertz CT molecular complexity index is 679. The van der Waals surface area contributed by atoms with Crippen molar-refractivity contribution in [1.82, 2.24) is 20.4 Å². The van der Waals surface area contributed by atoms with Crippen molar-refractivity contribution >= 4 is 17.6 Å². The number of hydrogen-bond donors (Lipinski definition) is 2. The van der Waals surface area contributed by atoms with Gasteiger partial charge in [0.15, 0.2) is 0 Å². The molecule has 0 bridgehead atoms. The number of fused-ring (bicyclic) bond motifs is 3. The van der Waals surface area contributed by atoms with Crippen LogP contribution in [0.15, 0.2) is 24.3 Å². The molecule has 3 unspecified atom stereocenters. The maximum absolute atomic E-state index is 12.4. The van der Waals surface area contributed by atoms with Crippen LogP contribution in [0.2, 0.25) is 0 Å². The minimum Gasteiger partial charge on any atom is -0.494 e. The molecule has 4 rings (SSSR count). The second-order valence-electron chi connectivity index (χ2n) is 6.55. The molecule has 0 saturated carbocycles. The van der Waals surface area contributed by atoms with Crippen molar-refractivity contribution in [2.75, 3.05) is 31.6 Å². The van der Waals surface area contributed by atoms with E-state index < -0.39 is 0 Å². The number of rotatable bonds is 3. The number of hydrogen-bond acceptors (Lipinski definition) is 6. The molecule has 25 heavy (non-hydrogen) atoms. The first-order chi connectivity index (χ1) is 12.1. The predicted molar refractivity (Wildman–Crippen MR) is 92.1 cm³/mol. The molecule has 8 heteroatoms. The largest absolute Gasteiger partial charge is 0.494 e. The molecular weight excluding hydrogens is 322 g/mol. The minimum atomic E-state index is -0.363. The smallest absolute Gasteiger partial charge is 0.325 e. The molecule has 0 spiro atoms. The van der Waals surface area contributed by atoms with E-state index in [1.54, 1.807) is 11.9 Å². The van der Waals surface area contributed by atoms with E-state index in [-0.39, 0.29) is 30.4 Å². The second-order valence-corrected chi connectivity index (χ2v) is 6.55. The van der Waals surface area contributed by atoms with Crippen molar-refractivity contribution in [3.8, 4) is 5.75 Å². The molecule has 0 aromatic heterocycles. The lowest BCUT2D eigenvalue weighted by Crippen LogP contribution is -2.65. The van der Waals surface area contributed by atoms with Gasteiger partial charge in [-0.2, -0.15) is 0 Å². The van der Waals surface area contributed by atoms with Crippen LogP contribution in [0.3, 0.4) is 0 Å². The van der Waals surface area contributed by atoms with Gasteiger partial charge >= 0.3 is 6.03 Å². The van der Waals surface area contributed by atoms with Gasteiger partial charge in [-0.25, -0.2) is 4.79 Å². The van der Waals surface area contributed by atoms with E-state index in [4.69, 9.17) is 4.74 Å². The van der Waals surface area contributed by atoms with Crippen LogP contribution in [0.1, 0.15) is 13.3 Å². The number of nitrogens with one attached hydrogen (secondary N) is 2. The van der Waals surface area contributed by atoms with Crippen LogP contribution >= 0.6 is 0 Å². The lowest BCUT2D eigenvalue weighted by Gasteiger charge is -2.42. The number of imide groups is 1. The van der Waals surface area contributed by atoms with Gasteiger partial charge in [-0.3, -0.25) is 20.3 Å². The summed E-state index contributed by atoms with van der Waals surface area (Å²) in [6.07, 6.45) is 0.537. The molecule has 134 valence electrons. The van der Waals surface area contributed by atoms with Crippen LogP contribution in [0.4, 0.5) is 10.5 Å². The topological polar surface area (TPSA) is 77.2 Å². The Balaban J connectivity index is 1.60. The average Bonchev–Trinajstić information content (AvgIpc) is 3.01. The molecule has 3 atom stereocenters. The first kappa shape index (κ1) is 16.2. The van der Waals surface area contributed by atoms with Gasteiger partial charge in [-0.05, 0) is 37.6 Å². The second kappa shape index (κ2) is 6.20. The summed E-state index contributed by atoms with van der Waals surface area (Å²) >= 11 is 0. The van der Waals surface area contributed by atoms with Crippen LogP contribution < -0.4 is 20.3 Å². The van der Waals surface area contributed by atoms with Gasteiger partial charge in [0.05, 0.1) is 6.61 Å². The molecule has 2 N–H and O–H groups in total. The first-order valence-corrected chi connectivity index (χ1v) is 8.69. The summed E-state index contributed by atoms with van der Waals surface area (Å²) in [5, 5.41) is 5.90. The molecule has 3 fully saturated rings. The highest BCUT2D eigenvalue weighted by molar-refractivity contribution is 6.00. The van der Waals surface area contributed by atoms with Gasteiger partial charge in [-0.1, -0.05) is 0 Å². The van der Waals surface area contributed by atoms with Gasteiger partial charge in [0.2, 0.25) is 5.91 Å². The lowest BCUT2D eigenvalue weighted by atomic mass is 10.1. The maximum Gasteiger partial charge on any atom is 0.325 e. The van der Waals surface area contributed by atoms with E-state index in [0.29, 0.717) is 6.61 Å². The van der Waals surface area contributed by atoms with Gasteiger partial charge in [0.25, 0.3) is 0 Å². The number of urea groups is 1. The van der Waals surface area contributed by atoms with Crippen molar-refractivity contribution in [1.29, 1.82) is 0 Å². The molecular formula is C17H23N5O3. The normalized spacial score (nSPS) is 29.3. The summed E-state index contributed by atoms with van der Waals surface area (Å²) in [6, 6.07) is 7.27. The number of amides is 3. The van der Waals surface area contributed by atoms with Crippen molar-refractivity contribution in [2.24, 2.45) is 0 Å². The molecule has 0 aliphatic carbocycles. The van der Waals surface area contributed by atoms with Crippen LogP contribution in [0.5, 0.6) is 5.75 Å². The van der Waals surface area contributed by atoms with Gasteiger partial charge in [0, 0.05) is 25.8 Å². The van der Waals surface area contributed by atoms with Gasteiger partial charge in [-0.15, -0.1) is 0 Å². The van der Waals surface area contributed by atoms with E-state index in [1.165, 1.54) is 0 Å². The van der Waals surface area contributed by atoms with Crippen LogP contribution in [0, 0.1) is 0 Å². The number of likely N-dealkylation sites (N-methyl/N-ethyl adjacent to an activating group) is 1. The molecule has 3 saturated heterocycles. The maximum atomic E-state index is 12.4. The minimum absolute atomic E-state index is 0.110. The monoisotopic (exact) mass is 345 g/mol. The molecule has 3 aliphatic rings. The number of carbonyl (C=O) groups excluding carboxylic acids is 2. The third kappa shape index (κ3) is 2.61. The molecule has 3 aliphatic heterocycles. The number of carbonyl (C=O) groups is 2. The summed E-state index contributed by atoms with van der Waals surface area (Å²) < 4.78 is 5.51. The lowest BCUT2D eigenvalue weighted by molar-refractivity contribution is -0.128. The highest BCUT2D eigenvalue weighted by Crippen LogP contribution is 2.31. The fourth-order valence-corrected chi connectivity index (χ4v) is 3.93. The Morgan fingerprint density at radius 1 is 1.20 bits per heavy atom. The molecule has 3 amide bonds. The number of anilines is 1. The predicted octanol–water partition coefficient (Wildman–Crippen LogP) is 0.361. The van der Waals surface area contributed by atoms with Crippen LogP contribution in [0.25, 0.3) is 0 Å². The van der Waals surface area contributed by atoms with Crippen molar-refractivity contribution in [3.63, 3.8) is 0 Å². The molecule has 1 aromatic rings. The fourth-order valence-electron chi connectivity index (χ4n) is 3.93. The van der Waals surface area contributed by atoms with Gasteiger partial charge < -0.3 is 14.5 Å². The van der Waals surface area contributed by atoms with Crippen molar-refractivity contribution in [2.45, 2.75) is 31.8 Å². The first-order valence-electron chi connectivity index (χ1n) is 8.69. The Morgan fingerprint density at radius 2 is 1.96 bits per heavy atom. The highest BCUT2D eigenvalue weighted by atomic mass is 16.5. The SMILES string of the molecule is CCOc1ccc(N2CCCN3C4C(=O)NC(=O)N(C)C4NC23)cc1. The summed E-state index contributed by atoms with van der Waals surface area (Å²) in [7, 11) is 1.71. The summed E-state index contributed by atoms with van der Waals surface area (Å²) in [5.74, 6) is 0.620. The average molecular weight is 345 g/mol. The Kier molecular flexibility index (Phi) is 4.01. The Morgan fingerprint density at radius 3 is 2.68 bits per heavy atom.